The van der Waals surface area contributed by atoms with E-state index in [-0.39, 0.29) is 0 Å². The Morgan fingerprint density at radius 2 is 1.63 bits per heavy atom. The van der Waals surface area contributed by atoms with Crippen molar-refractivity contribution in [1.82, 2.24) is 5.32 Å². The number of benzene rings is 1. The fraction of sp³-hybridized carbons (Fsp3) is 0.588. The van der Waals surface area contributed by atoms with Crippen LogP contribution in [0, 0.1) is 11.3 Å². The maximum Gasteiger partial charge on any atom is 0.0991 e. The molecule has 19 heavy (non-hydrogen) atoms. The Bertz CT molecular complexity index is 408. The number of hydrogen-bond acceptors (Lipinski definition) is 2. The van der Waals surface area contributed by atoms with Gasteiger partial charge in [0.05, 0.1) is 11.6 Å². The van der Waals surface area contributed by atoms with E-state index in [1.165, 1.54) is 50.5 Å². The van der Waals surface area contributed by atoms with Gasteiger partial charge in [-0.1, -0.05) is 44.2 Å². The Balaban J connectivity index is 1.91. The fourth-order valence-electron chi connectivity index (χ4n) is 2.92. The average molecular weight is 256 g/mol. The maximum atomic E-state index is 8.82. The van der Waals surface area contributed by atoms with Crippen LogP contribution in [-0.2, 0) is 0 Å². The normalized spacial score (nSPS) is 19.2. The Kier molecular flexibility index (Phi) is 5.42. The van der Waals surface area contributed by atoms with Crippen molar-refractivity contribution in [2.75, 3.05) is 0 Å². The van der Waals surface area contributed by atoms with E-state index in [9.17, 15) is 0 Å². The number of nitriles is 1. The highest BCUT2D eigenvalue weighted by Gasteiger charge is 2.14. The van der Waals surface area contributed by atoms with Crippen LogP contribution in [0.5, 0.6) is 0 Å². The van der Waals surface area contributed by atoms with Gasteiger partial charge in [0, 0.05) is 12.1 Å². The predicted molar refractivity (Wildman–Crippen MR) is 78.8 cm³/mol. The van der Waals surface area contributed by atoms with Gasteiger partial charge in [0.1, 0.15) is 0 Å². The summed E-state index contributed by atoms with van der Waals surface area (Å²) in [4.78, 5) is 0. The third-order valence-corrected chi connectivity index (χ3v) is 4.13. The third kappa shape index (κ3) is 4.36. The number of hydrogen-bond donors (Lipinski definition) is 1. The second-order valence-electron chi connectivity index (χ2n) is 5.66. The van der Waals surface area contributed by atoms with Crippen molar-refractivity contribution in [2.24, 2.45) is 0 Å². The first kappa shape index (κ1) is 14.1. The monoisotopic (exact) mass is 256 g/mol. The topological polar surface area (TPSA) is 35.8 Å². The van der Waals surface area contributed by atoms with E-state index in [0.717, 1.165) is 5.56 Å². The molecule has 1 saturated carbocycles. The second-order valence-corrected chi connectivity index (χ2v) is 5.66. The van der Waals surface area contributed by atoms with Crippen molar-refractivity contribution in [3.8, 4) is 6.07 Å². The summed E-state index contributed by atoms with van der Waals surface area (Å²) in [6, 6.07) is 11.2. The molecule has 1 aromatic carbocycles. The van der Waals surface area contributed by atoms with Gasteiger partial charge >= 0.3 is 0 Å². The molecule has 0 heterocycles. The lowest BCUT2D eigenvalue weighted by Gasteiger charge is -2.25. The Labute approximate surface area is 116 Å². The molecule has 2 rings (SSSR count). The minimum Gasteiger partial charge on any atom is -0.307 e. The first-order valence-electron chi connectivity index (χ1n) is 7.55. The zero-order chi connectivity index (χ0) is 13.5. The summed E-state index contributed by atoms with van der Waals surface area (Å²) in [5.41, 5.74) is 2.02. The lowest BCUT2D eigenvalue weighted by atomic mass is 9.95. The van der Waals surface area contributed by atoms with Crippen molar-refractivity contribution in [1.29, 1.82) is 5.26 Å². The molecule has 2 nitrogen and oxygen atoms in total. The molecule has 0 spiro atoms. The van der Waals surface area contributed by atoms with Gasteiger partial charge in [-0.05, 0) is 37.5 Å². The van der Waals surface area contributed by atoms with Gasteiger partial charge in [0.25, 0.3) is 0 Å². The molecule has 0 aromatic heterocycles. The quantitative estimate of drug-likeness (QED) is 0.874. The van der Waals surface area contributed by atoms with Gasteiger partial charge in [0.2, 0.25) is 0 Å². The van der Waals surface area contributed by atoms with Crippen LogP contribution in [-0.4, -0.2) is 6.04 Å². The molecular formula is C17H24N2. The zero-order valence-corrected chi connectivity index (χ0v) is 11.9. The van der Waals surface area contributed by atoms with Crippen LogP contribution in [0.3, 0.4) is 0 Å². The SMILES string of the molecule is CC(NC1CCCCCCC1)c1ccc(C#N)cc1. The summed E-state index contributed by atoms with van der Waals surface area (Å²) in [6.07, 6.45) is 9.53. The van der Waals surface area contributed by atoms with Gasteiger partial charge in [-0.3, -0.25) is 0 Å². The van der Waals surface area contributed by atoms with Crippen molar-refractivity contribution in [3.63, 3.8) is 0 Å². The summed E-state index contributed by atoms with van der Waals surface area (Å²) < 4.78 is 0. The molecule has 1 atom stereocenters. The van der Waals surface area contributed by atoms with Crippen LogP contribution in [0.25, 0.3) is 0 Å². The first-order chi connectivity index (χ1) is 9.29. The lowest BCUT2D eigenvalue weighted by molar-refractivity contribution is 0.363. The van der Waals surface area contributed by atoms with Crippen LogP contribution in [0.2, 0.25) is 0 Å². The van der Waals surface area contributed by atoms with Crippen LogP contribution < -0.4 is 5.32 Å². The van der Waals surface area contributed by atoms with E-state index in [1.807, 2.05) is 12.1 Å². The number of nitrogens with one attached hydrogen (secondary N) is 1. The van der Waals surface area contributed by atoms with Gasteiger partial charge < -0.3 is 5.32 Å². The van der Waals surface area contributed by atoms with Crippen LogP contribution in [0.1, 0.15) is 69.0 Å². The van der Waals surface area contributed by atoms with Crippen LogP contribution in [0.4, 0.5) is 0 Å². The van der Waals surface area contributed by atoms with Crippen molar-refractivity contribution in [2.45, 2.75) is 64.0 Å². The minimum atomic E-state index is 0.372. The van der Waals surface area contributed by atoms with E-state index in [2.05, 4.69) is 30.4 Å². The largest absolute Gasteiger partial charge is 0.307 e. The van der Waals surface area contributed by atoms with Crippen molar-refractivity contribution in [3.05, 3.63) is 35.4 Å². The Morgan fingerprint density at radius 1 is 1.05 bits per heavy atom. The predicted octanol–water partition coefficient (Wildman–Crippen LogP) is 4.32. The average Bonchev–Trinajstić information content (AvgIpc) is 2.41. The van der Waals surface area contributed by atoms with Crippen LogP contribution in [0.15, 0.2) is 24.3 Å². The van der Waals surface area contributed by atoms with Crippen molar-refractivity contribution < 1.29 is 0 Å². The molecule has 102 valence electrons. The molecule has 0 aliphatic heterocycles. The molecule has 1 fully saturated rings. The lowest BCUT2D eigenvalue weighted by Crippen LogP contribution is -2.32. The summed E-state index contributed by atoms with van der Waals surface area (Å²) >= 11 is 0. The molecule has 1 aromatic rings. The molecule has 2 heteroatoms. The third-order valence-electron chi connectivity index (χ3n) is 4.13. The second kappa shape index (κ2) is 7.31. The maximum absolute atomic E-state index is 8.82. The number of rotatable bonds is 3. The summed E-state index contributed by atoms with van der Waals surface area (Å²) in [5, 5.41) is 12.6. The van der Waals surface area contributed by atoms with E-state index in [1.54, 1.807) is 0 Å². The standard InChI is InChI=1S/C17H24N2/c1-14(16-11-9-15(13-18)10-12-16)19-17-7-5-3-2-4-6-8-17/h9-12,14,17,19H,2-8H2,1H3. The van der Waals surface area contributed by atoms with E-state index >= 15 is 0 Å². The Hall–Kier alpha value is -1.33. The molecule has 1 unspecified atom stereocenters. The zero-order valence-electron chi connectivity index (χ0n) is 11.9. The summed E-state index contributed by atoms with van der Waals surface area (Å²) in [6.45, 7) is 2.22. The molecule has 1 aliphatic carbocycles. The molecule has 0 bridgehead atoms. The fourth-order valence-corrected chi connectivity index (χ4v) is 2.92. The smallest absolute Gasteiger partial charge is 0.0991 e. The molecule has 1 aliphatic rings. The molecule has 0 amide bonds. The van der Waals surface area contributed by atoms with Gasteiger partial charge in [0.15, 0.2) is 0 Å². The molecular weight excluding hydrogens is 232 g/mol. The summed E-state index contributed by atoms with van der Waals surface area (Å²) in [5.74, 6) is 0. The molecule has 0 radical (unpaired) electrons. The van der Waals surface area contributed by atoms with E-state index in [0.29, 0.717) is 12.1 Å². The Morgan fingerprint density at radius 3 is 2.21 bits per heavy atom. The van der Waals surface area contributed by atoms with Gasteiger partial charge in [-0.15, -0.1) is 0 Å². The van der Waals surface area contributed by atoms with Crippen LogP contribution >= 0.6 is 0 Å². The van der Waals surface area contributed by atoms with E-state index < -0.39 is 0 Å². The molecule has 0 saturated heterocycles. The highest BCUT2D eigenvalue weighted by atomic mass is 14.9. The highest BCUT2D eigenvalue weighted by molar-refractivity contribution is 5.32. The number of nitrogens with zero attached hydrogens (tertiary/aromatic N) is 1. The first-order valence-corrected chi connectivity index (χ1v) is 7.55. The van der Waals surface area contributed by atoms with Gasteiger partial charge in [-0.25, -0.2) is 0 Å². The highest BCUT2D eigenvalue weighted by Crippen LogP contribution is 2.21. The van der Waals surface area contributed by atoms with Crippen molar-refractivity contribution >= 4 is 0 Å². The van der Waals surface area contributed by atoms with Gasteiger partial charge in [-0.2, -0.15) is 5.26 Å². The minimum absolute atomic E-state index is 0.372. The van der Waals surface area contributed by atoms with E-state index in [4.69, 9.17) is 5.26 Å². The molecule has 1 N–H and O–H groups in total. The summed E-state index contributed by atoms with van der Waals surface area (Å²) in [7, 11) is 0.